The number of benzene rings is 6. The molecule has 1 atom stereocenters. The largest absolute Gasteiger partial charge is 1.00 e. The van der Waals surface area contributed by atoms with Gasteiger partial charge in [-0.1, -0.05) is 325 Å². The number of terminal acetylenes is 1. The molecule has 2 heterocycles. The second-order valence-electron chi connectivity index (χ2n) is 39.9. The predicted molar refractivity (Wildman–Crippen MR) is 592 cm³/mol. The van der Waals surface area contributed by atoms with Gasteiger partial charge in [0.15, 0.2) is 0 Å². The number of nitrogens with one attached hydrogen (secondary N) is 3. The molecular formula is C114H169Br5F6K2N6O13. The molecule has 2 aliphatic rings. The maximum Gasteiger partial charge on any atom is 1.00 e. The summed E-state index contributed by atoms with van der Waals surface area (Å²) in [5.41, 5.74) is 10.1. The van der Waals surface area contributed by atoms with E-state index >= 15 is 0 Å². The molecule has 6 aromatic rings. The number of amides is 3. The molecule has 19 nitrogen and oxygen atoms in total. The van der Waals surface area contributed by atoms with E-state index in [4.69, 9.17) is 52.0 Å². The summed E-state index contributed by atoms with van der Waals surface area (Å²) in [5.74, 6) is 11.1. The topological polar surface area (TPSA) is 319 Å². The van der Waals surface area contributed by atoms with Crippen LogP contribution < -0.4 is 130 Å². The number of nitrogens with zero attached hydrogens (tertiary/aromatic N) is 2. The van der Waals surface area contributed by atoms with Crippen molar-refractivity contribution in [1.29, 1.82) is 10.5 Å². The van der Waals surface area contributed by atoms with Gasteiger partial charge in [-0.3, -0.25) is 14.4 Å². The Kier molecular flexibility index (Phi) is 88.9. The number of aliphatic hydroxyl groups is 4. The van der Waals surface area contributed by atoms with Crippen molar-refractivity contribution in [3.8, 4) is 48.2 Å². The molecule has 146 heavy (non-hydrogen) atoms. The fraction of sp³-hybridized carbons (Fsp3) is 0.579. The van der Waals surface area contributed by atoms with E-state index in [2.05, 4.69) is 216 Å². The van der Waals surface area contributed by atoms with E-state index in [-0.39, 0.29) is 159 Å². The van der Waals surface area contributed by atoms with Crippen molar-refractivity contribution in [1.82, 2.24) is 16.0 Å². The van der Waals surface area contributed by atoms with Crippen LogP contribution in [0.3, 0.4) is 0 Å². The fourth-order valence-electron chi connectivity index (χ4n) is 13.4. The van der Waals surface area contributed by atoms with Gasteiger partial charge in [-0.15, -0.1) is 6.42 Å². The van der Waals surface area contributed by atoms with Gasteiger partial charge in [0, 0.05) is 86.8 Å². The number of alkyl carbamates (subject to hydrolysis) is 1. The van der Waals surface area contributed by atoms with Crippen molar-refractivity contribution in [2.24, 2.45) is 38.7 Å². The first kappa shape index (κ1) is 154. The van der Waals surface area contributed by atoms with Gasteiger partial charge in [-0.2, -0.15) is 36.9 Å². The molecule has 0 saturated carbocycles. The Bertz CT molecular complexity index is 4780. The number of nitrogens with two attached hydrogens (primary N) is 1. The summed E-state index contributed by atoms with van der Waals surface area (Å²) in [7, 11) is 1.00. The minimum atomic E-state index is -4.88. The number of rotatable bonds is 31. The van der Waals surface area contributed by atoms with Crippen molar-refractivity contribution < 1.29 is 194 Å². The fourth-order valence-corrected chi connectivity index (χ4v) is 15.6. The molecule has 2 aliphatic heterocycles. The Morgan fingerprint density at radius 2 is 0.808 bits per heavy atom. The van der Waals surface area contributed by atoms with Crippen molar-refractivity contribution in [3.05, 3.63) is 208 Å². The van der Waals surface area contributed by atoms with E-state index in [1.165, 1.54) is 47.9 Å². The summed E-state index contributed by atoms with van der Waals surface area (Å²) in [6.07, 6.45) is 14.0. The molecule has 32 heteroatoms. The van der Waals surface area contributed by atoms with Gasteiger partial charge in [0.2, 0.25) is 0 Å². The monoisotopic (exact) mass is 2420 g/mol. The van der Waals surface area contributed by atoms with Gasteiger partial charge in [0.05, 0.1) is 23.7 Å². The first-order valence-electron chi connectivity index (χ1n) is 48.5. The van der Waals surface area contributed by atoms with Crippen LogP contribution in [-0.2, 0) is 70.9 Å². The quantitative estimate of drug-likeness (QED) is 0.00381. The molecule has 3 amide bonds. The number of ether oxygens (including phenoxy) is 3. The van der Waals surface area contributed by atoms with Gasteiger partial charge in [-0.05, 0) is 286 Å². The smallest absolute Gasteiger partial charge is 1.00 e. The van der Waals surface area contributed by atoms with Crippen LogP contribution in [0.1, 0.15) is 308 Å². The average molecular weight is 2420 g/mol. The summed E-state index contributed by atoms with van der Waals surface area (Å²) in [5, 5.41) is 70.6. The van der Waals surface area contributed by atoms with E-state index in [0.29, 0.717) is 44.9 Å². The van der Waals surface area contributed by atoms with Crippen LogP contribution in [0.2, 0.25) is 0 Å². The minimum Gasteiger partial charge on any atom is -1.00 e. The summed E-state index contributed by atoms with van der Waals surface area (Å²) >= 11 is 17.0. The molecular weight excluding hydrogens is 2250 g/mol. The molecule has 0 spiro atoms. The van der Waals surface area contributed by atoms with Crippen LogP contribution in [0.4, 0.5) is 31.1 Å². The van der Waals surface area contributed by atoms with Crippen molar-refractivity contribution >= 4 is 104 Å². The van der Waals surface area contributed by atoms with E-state index in [0.717, 1.165) is 156 Å². The number of aliphatic hydroxyl groups excluding tert-OH is 1. The van der Waals surface area contributed by atoms with E-state index < -0.39 is 57.4 Å². The van der Waals surface area contributed by atoms with Crippen LogP contribution in [0.5, 0.6) is 0 Å². The standard InChI is InChI=1S/C22H30F3NO2.C20H31NO.C16H24BrNO2.C13H15BrF3NO.C11H12BrN.C9H16O.C7H6Br2.C5H10O.C4H7N.C4H8O.CH2O3.CH4O.CH4.2K.H/c1-5-11-21(28,12-6-2)13-10-17-8-7-9-18(14-17)15-20(3,4)16-26-19(27)22(23,24)25;1-5-11-20(22,12-6-2)13-10-17-8-7-9-18(14-17)15-19(3,4)16-21;1-15(2,3)20-14(19)18-11-16(4,5)10-12-7-6-8-13(17)9-12;1-12(2,8-18-11(19)13(15,16)17)7-9-4-3-5-10(14)6-9;1-11(2,8-13)7-9-4-3-5-10(12)6-9;1-4-7-9(10,6-3)8-5-2;8-5-6-2-1-3-7(9)4-6;1-5-3-2-4-6-5;1-4(2)3-5;1-2-4-5-3-1;2-1-4-3;1-2;;;;/h7-9,14,28H,5-6,11-12,15-16H2,1-4H3,(H,26,27);7-9,14,22H,5-6,11-12,15-16,21H2,1-4H3;6-9H,10-11H2,1-5H3,(H,18,19);3-6H,7-8H2,1-2H3,(H,18,19);3-6H,7H2,1-2H3;3,10H,4-5,7-8H2,1-2H3;1-4H,5H2;5H,2-4H2,1H3;4H,1-2H3;1-4H2;1,3H;2H,1H3;1H4;;;/q;;;;;;;;;;;;;2*+1;-1/p-1. The summed E-state index contributed by atoms with van der Waals surface area (Å²) in [6.45, 7) is 47.3. The van der Waals surface area contributed by atoms with Gasteiger partial charge >= 0.3 is 133 Å². The average Bonchev–Trinajstić information content (AvgIpc) is 1.56. The third-order valence-electron chi connectivity index (χ3n) is 20.3. The van der Waals surface area contributed by atoms with Gasteiger partial charge in [-0.25, -0.2) is 4.79 Å². The molecule has 0 radical (unpaired) electrons. The molecule has 812 valence electrons. The first-order valence-corrected chi connectivity index (χ1v) is 52.8. The second-order valence-corrected chi connectivity index (χ2v) is 44.1. The SMILES string of the molecule is BrCc1cccc(Br)c1.C.C#CC(O)(CCC)CCC.C1CCOC1.CC(C)(C#N)Cc1cccc(Br)c1.CC(C)(CNC(=O)C(F)(F)F)Cc1cccc(Br)c1.CC(C)(CNC(=O)OC(C)(C)C)Cc1cccc(Br)c1.CC(C)C#N.CC1CCCO1.CCCC(O)(C#Cc1cccc(CC(C)(C)CN)c1)CCC.CCCC(O)(C#Cc1cccc(CC(C)(C)CNC(=O)C(F)(F)F)c1)CCC.CO.O=CO[O-].[H-].[K+].[K+]. The number of halogens is 11. The number of hydrogen-bond donors (Lipinski definition) is 8. The Balaban J connectivity index is -0.000000250. The normalized spacial score (nSPS) is 12.4. The molecule has 1 unspecified atom stereocenters. The molecule has 2 fully saturated rings. The zero-order valence-electron chi connectivity index (χ0n) is 91.8. The van der Waals surface area contributed by atoms with Crippen molar-refractivity contribution in [2.45, 2.75) is 341 Å². The number of nitriles is 2. The molecule has 0 aromatic heterocycles. The second kappa shape index (κ2) is 84.0. The van der Waals surface area contributed by atoms with Crippen LogP contribution >= 0.6 is 79.6 Å². The van der Waals surface area contributed by atoms with Crippen LogP contribution in [-0.4, -0.2) is 139 Å². The summed E-state index contributed by atoms with van der Waals surface area (Å²) < 4.78 is 92.8. The third-order valence-corrected chi connectivity index (χ3v) is 22.9. The molecule has 0 aliphatic carbocycles. The Hall–Kier alpha value is -4.41. The zero-order chi connectivity index (χ0) is 110. The van der Waals surface area contributed by atoms with Crippen molar-refractivity contribution in [3.63, 3.8) is 0 Å². The van der Waals surface area contributed by atoms with Crippen LogP contribution in [0.15, 0.2) is 163 Å². The Labute approximate surface area is 1000 Å². The van der Waals surface area contributed by atoms with Crippen LogP contribution in [0.25, 0.3) is 0 Å². The summed E-state index contributed by atoms with van der Waals surface area (Å²) in [6, 6.07) is 52.1. The van der Waals surface area contributed by atoms with E-state index in [1.54, 1.807) is 13.8 Å². The molecule has 0 bridgehead atoms. The predicted octanol–water partition coefficient (Wildman–Crippen LogP) is 21.5. The zero-order valence-corrected chi connectivity index (χ0v) is 105. The minimum absolute atomic E-state index is 0. The molecule has 8 rings (SSSR count). The van der Waals surface area contributed by atoms with E-state index in [1.807, 2.05) is 210 Å². The van der Waals surface area contributed by atoms with Gasteiger partial charge in [0.25, 0.3) is 6.47 Å². The first-order chi connectivity index (χ1) is 66.5. The maximum atomic E-state index is 12.3. The summed E-state index contributed by atoms with van der Waals surface area (Å²) in [4.78, 5) is 44.7. The van der Waals surface area contributed by atoms with Crippen LogP contribution in [0, 0.1) is 91.7 Å². The third kappa shape index (κ3) is 85.0. The Morgan fingerprint density at radius 1 is 0.514 bits per heavy atom. The number of carbonyl (C=O) groups excluding carboxylic acids is 4. The van der Waals surface area contributed by atoms with E-state index in [9.17, 15) is 56.0 Å². The molecule has 2 saturated heterocycles. The number of carbonyl (C=O) groups is 4. The number of alkyl halides is 7. The van der Waals surface area contributed by atoms with Gasteiger partial charge < -0.3 is 67.9 Å². The number of hydrogen-bond acceptors (Lipinski definition) is 16. The molecule has 6 aromatic carbocycles. The van der Waals surface area contributed by atoms with Crippen molar-refractivity contribution in [2.75, 3.05) is 53.1 Å². The van der Waals surface area contributed by atoms with Gasteiger partial charge in [0.1, 0.15) is 22.4 Å². The molecule has 9 N–H and O–H groups in total. The maximum absolute atomic E-state index is 12.3. The Morgan fingerprint density at radius 3 is 1.04 bits per heavy atom.